The smallest absolute Gasteiger partial charge is 0.0316 e. The number of hydrogen-bond donors (Lipinski definition) is 1. The molecule has 1 aliphatic heterocycles. The summed E-state index contributed by atoms with van der Waals surface area (Å²) in [6.45, 7) is 2.52. The minimum atomic E-state index is 0.889. The van der Waals surface area contributed by atoms with E-state index < -0.39 is 0 Å². The van der Waals surface area contributed by atoms with Crippen LogP contribution in [0.1, 0.15) is 37.7 Å². The topological polar surface area (TPSA) is 29.3 Å². The summed E-state index contributed by atoms with van der Waals surface area (Å²) in [4.78, 5) is 2.74. The number of hydrogen-bond acceptors (Lipinski definition) is 2. The lowest BCUT2D eigenvalue weighted by atomic mass is 9.91. The number of likely N-dealkylation sites (tertiary alicyclic amines) is 1. The largest absolute Gasteiger partial charge is 0.399 e. The van der Waals surface area contributed by atoms with E-state index in [1.54, 1.807) is 0 Å². The van der Waals surface area contributed by atoms with Crippen LogP contribution in [0.5, 0.6) is 0 Å². The van der Waals surface area contributed by atoms with E-state index in [0.717, 1.165) is 24.1 Å². The van der Waals surface area contributed by atoms with Crippen LogP contribution in [-0.4, -0.2) is 24.0 Å². The second-order valence-corrected chi connectivity index (χ2v) is 5.93. The summed E-state index contributed by atoms with van der Waals surface area (Å²) in [5.74, 6) is 1.000. The van der Waals surface area contributed by atoms with Gasteiger partial charge in [0.25, 0.3) is 0 Å². The number of piperidine rings is 1. The van der Waals surface area contributed by atoms with E-state index in [1.165, 1.54) is 50.8 Å². The van der Waals surface area contributed by atoms with Gasteiger partial charge in [0.1, 0.15) is 0 Å². The van der Waals surface area contributed by atoms with Crippen LogP contribution in [0.2, 0.25) is 0 Å². The lowest BCUT2D eigenvalue weighted by Crippen LogP contribution is -2.43. The van der Waals surface area contributed by atoms with Gasteiger partial charge in [0, 0.05) is 18.3 Å². The third kappa shape index (κ3) is 2.54. The van der Waals surface area contributed by atoms with Crippen molar-refractivity contribution in [2.45, 2.75) is 44.6 Å². The van der Waals surface area contributed by atoms with Crippen molar-refractivity contribution in [3.8, 4) is 0 Å². The minimum absolute atomic E-state index is 0.889. The van der Waals surface area contributed by atoms with Crippen molar-refractivity contribution in [1.29, 1.82) is 0 Å². The normalized spacial score (nSPS) is 28.2. The molecule has 1 heterocycles. The molecule has 1 aliphatic carbocycles. The molecular formula is C16H24N2. The van der Waals surface area contributed by atoms with Crippen LogP contribution in [0.3, 0.4) is 0 Å². The van der Waals surface area contributed by atoms with Crippen LogP contribution in [0.4, 0.5) is 5.69 Å². The van der Waals surface area contributed by atoms with Gasteiger partial charge in [0.15, 0.2) is 0 Å². The summed E-state index contributed by atoms with van der Waals surface area (Å²) in [5.41, 5.74) is 8.12. The molecule has 0 amide bonds. The fraction of sp³-hybridized carbons (Fsp3) is 0.625. The first-order valence-corrected chi connectivity index (χ1v) is 7.41. The minimum Gasteiger partial charge on any atom is -0.399 e. The van der Waals surface area contributed by atoms with E-state index in [0.29, 0.717) is 0 Å². The Bertz CT molecular complexity index is 402. The molecule has 2 unspecified atom stereocenters. The molecule has 1 aromatic carbocycles. The first kappa shape index (κ1) is 12.0. The van der Waals surface area contributed by atoms with Crippen molar-refractivity contribution in [3.05, 3.63) is 29.8 Å². The van der Waals surface area contributed by atoms with E-state index in [9.17, 15) is 0 Å². The molecule has 0 aromatic heterocycles. The Morgan fingerprint density at radius 3 is 2.94 bits per heavy atom. The molecule has 2 heteroatoms. The number of nitrogens with two attached hydrogens (primary N) is 1. The van der Waals surface area contributed by atoms with E-state index in [1.807, 2.05) is 6.07 Å². The van der Waals surface area contributed by atoms with Crippen LogP contribution in [0.15, 0.2) is 24.3 Å². The maximum atomic E-state index is 5.84. The Balaban J connectivity index is 1.59. The van der Waals surface area contributed by atoms with Gasteiger partial charge in [0.2, 0.25) is 0 Å². The maximum absolute atomic E-state index is 5.84. The van der Waals surface area contributed by atoms with Crippen LogP contribution in [0.25, 0.3) is 0 Å². The van der Waals surface area contributed by atoms with Gasteiger partial charge in [0.05, 0.1) is 0 Å². The number of nitrogens with zero attached hydrogens (tertiary/aromatic N) is 1. The Hall–Kier alpha value is -1.02. The Morgan fingerprint density at radius 1 is 1.17 bits per heavy atom. The maximum Gasteiger partial charge on any atom is 0.0316 e. The zero-order chi connectivity index (χ0) is 12.4. The molecule has 18 heavy (non-hydrogen) atoms. The highest BCUT2D eigenvalue weighted by molar-refractivity contribution is 5.40. The summed E-state index contributed by atoms with van der Waals surface area (Å²) in [5, 5.41) is 0. The molecule has 0 bridgehead atoms. The fourth-order valence-electron chi connectivity index (χ4n) is 3.86. The number of fused-ring (bicyclic) bond motifs is 1. The van der Waals surface area contributed by atoms with E-state index in [2.05, 4.69) is 23.1 Å². The Labute approximate surface area is 110 Å². The average molecular weight is 244 g/mol. The fourth-order valence-corrected chi connectivity index (χ4v) is 3.86. The van der Waals surface area contributed by atoms with Gasteiger partial charge in [-0.25, -0.2) is 0 Å². The Kier molecular flexibility index (Phi) is 3.55. The summed E-state index contributed by atoms with van der Waals surface area (Å²) >= 11 is 0. The SMILES string of the molecule is Nc1cccc(CCN2CCCC3CCCC32)c1. The van der Waals surface area contributed by atoms with Crippen LogP contribution < -0.4 is 5.73 Å². The highest BCUT2D eigenvalue weighted by Crippen LogP contribution is 2.36. The monoisotopic (exact) mass is 244 g/mol. The quantitative estimate of drug-likeness (QED) is 0.828. The van der Waals surface area contributed by atoms with Crippen molar-refractivity contribution in [1.82, 2.24) is 4.90 Å². The zero-order valence-electron chi connectivity index (χ0n) is 11.1. The predicted octanol–water partition coefficient (Wildman–Crippen LogP) is 3.08. The first-order chi connectivity index (χ1) is 8.83. The molecule has 3 rings (SSSR count). The standard InChI is InChI=1S/C16H24N2/c17-15-7-1-4-13(12-15)9-11-18-10-3-6-14-5-2-8-16(14)18/h1,4,7,12,14,16H,2-3,5-6,8-11,17H2. The first-order valence-electron chi connectivity index (χ1n) is 7.41. The molecule has 0 spiro atoms. The van der Waals surface area contributed by atoms with E-state index >= 15 is 0 Å². The summed E-state index contributed by atoms with van der Waals surface area (Å²) < 4.78 is 0. The van der Waals surface area contributed by atoms with Crippen LogP contribution >= 0.6 is 0 Å². The number of nitrogen functional groups attached to an aromatic ring is 1. The van der Waals surface area contributed by atoms with Gasteiger partial charge in [-0.3, -0.25) is 4.90 Å². The highest BCUT2D eigenvalue weighted by atomic mass is 15.2. The molecule has 1 saturated carbocycles. The van der Waals surface area contributed by atoms with Crippen molar-refractivity contribution < 1.29 is 0 Å². The van der Waals surface area contributed by atoms with Crippen molar-refractivity contribution in [2.75, 3.05) is 18.8 Å². The molecule has 1 aromatic rings. The lowest BCUT2D eigenvalue weighted by Gasteiger charge is -2.37. The van der Waals surface area contributed by atoms with Crippen LogP contribution in [-0.2, 0) is 6.42 Å². The van der Waals surface area contributed by atoms with Gasteiger partial charge in [-0.05, 0) is 62.3 Å². The summed E-state index contributed by atoms with van der Waals surface area (Å²) in [7, 11) is 0. The second kappa shape index (κ2) is 5.31. The van der Waals surface area contributed by atoms with Gasteiger partial charge < -0.3 is 5.73 Å². The second-order valence-electron chi connectivity index (χ2n) is 5.93. The van der Waals surface area contributed by atoms with Gasteiger partial charge in [-0.15, -0.1) is 0 Å². The van der Waals surface area contributed by atoms with Gasteiger partial charge in [-0.2, -0.15) is 0 Å². The predicted molar refractivity (Wildman–Crippen MR) is 76.5 cm³/mol. The summed E-state index contributed by atoms with van der Waals surface area (Å²) in [6, 6.07) is 9.25. The average Bonchev–Trinajstić information content (AvgIpc) is 2.85. The Morgan fingerprint density at radius 2 is 2.06 bits per heavy atom. The molecule has 0 radical (unpaired) electrons. The number of anilines is 1. The van der Waals surface area contributed by atoms with Crippen molar-refractivity contribution in [3.63, 3.8) is 0 Å². The highest BCUT2D eigenvalue weighted by Gasteiger charge is 2.34. The van der Waals surface area contributed by atoms with Gasteiger partial charge in [-0.1, -0.05) is 18.6 Å². The summed E-state index contributed by atoms with van der Waals surface area (Å²) in [6.07, 6.45) is 8.37. The molecule has 2 N–H and O–H groups in total. The molecule has 98 valence electrons. The van der Waals surface area contributed by atoms with Gasteiger partial charge >= 0.3 is 0 Å². The zero-order valence-corrected chi connectivity index (χ0v) is 11.1. The number of benzene rings is 1. The van der Waals surface area contributed by atoms with Crippen molar-refractivity contribution >= 4 is 5.69 Å². The van der Waals surface area contributed by atoms with Crippen molar-refractivity contribution in [2.24, 2.45) is 5.92 Å². The molecule has 2 nitrogen and oxygen atoms in total. The molecule has 2 aliphatic rings. The third-order valence-electron chi connectivity index (χ3n) is 4.75. The molecule has 2 atom stereocenters. The molecular weight excluding hydrogens is 220 g/mol. The molecule has 2 fully saturated rings. The number of rotatable bonds is 3. The van der Waals surface area contributed by atoms with E-state index in [4.69, 9.17) is 5.73 Å². The van der Waals surface area contributed by atoms with E-state index in [-0.39, 0.29) is 0 Å². The third-order valence-corrected chi connectivity index (χ3v) is 4.75. The lowest BCUT2D eigenvalue weighted by molar-refractivity contribution is 0.115. The molecule has 1 saturated heterocycles. The van der Waals surface area contributed by atoms with Crippen LogP contribution in [0, 0.1) is 5.92 Å².